The number of aromatic carboxylic acids is 1. The Kier molecular flexibility index (Phi) is 18.8. The number of phosphoric ester groups is 1. The van der Waals surface area contributed by atoms with Crippen LogP contribution in [0.2, 0.25) is 5.02 Å². The van der Waals surface area contributed by atoms with Gasteiger partial charge in [-0.1, -0.05) is 54.1 Å². The topological polar surface area (TPSA) is 194 Å². The van der Waals surface area contributed by atoms with Gasteiger partial charge in [0.25, 0.3) is 9.84 Å². The third kappa shape index (κ3) is 13.9. The lowest BCUT2D eigenvalue weighted by molar-refractivity contribution is -0.0435. The van der Waals surface area contributed by atoms with Crippen LogP contribution >= 0.6 is 38.7 Å². The van der Waals surface area contributed by atoms with Gasteiger partial charge in [-0.25, -0.2) is 17.8 Å². The molecule has 0 saturated carbocycles. The highest BCUT2D eigenvalue weighted by Gasteiger charge is 2.49. The third-order valence-corrected chi connectivity index (χ3v) is 21.1. The molecule has 3 saturated heterocycles. The zero-order valence-electron chi connectivity index (χ0n) is 45.0. The van der Waals surface area contributed by atoms with Crippen molar-refractivity contribution in [1.82, 2.24) is 9.47 Å². The Bertz CT molecular complexity index is 3390. The van der Waals surface area contributed by atoms with Crippen molar-refractivity contribution < 1.29 is 59.5 Å². The molecule has 9 rings (SSSR count). The van der Waals surface area contributed by atoms with Gasteiger partial charge < -0.3 is 44.0 Å². The summed E-state index contributed by atoms with van der Waals surface area (Å²) in [4.78, 5) is 37.7. The summed E-state index contributed by atoms with van der Waals surface area (Å²) >= 11 is 7.74. The van der Waals surface area contributed by atoms with Crippen molar-refractivity contribution in [2.24, 2.45) is 5.92 Å². The van der Waals surface area contributed by atoms with Crippen LogP contribution in [0.5, 0.6) is 0 Å². The lowest BCUT2D eigenvalue weighted by atomic mass is 9.96. The van der Waals surface area contributed by atoms with E-state index in [1.807, 2.05) is 99.6 Å². The fraction of sp³-hybridized carbons (Fsp3) is 0.386. The lowest BCUT2D eigenvalue weighted by Gasteiger charge is -2.39. The molecule has 81 heavy (non-hydrogen) atoms. The lowest BCUT2D eigenvalue weighted by Crippen LogP contribution is -2.46. The van der Waals surface area contributed by atoms with E-state index < -0.39 is 47.6 Å². The second-order valence-corrected chi connectivity index (χ2v) is 27.8. The van der Waals surface area contributed by atoms with E-state index in [-0.39, 0.29) is 48.3 Å². The zero-order valence-corrected chi connectivity index (χ0v) is 49.2. The number of halogens is 4. The number of carbonyl (C=O) groups is 1. The van der Waals surface area contributed by atoms with Gasteiger partial charge in [-0.15, -0.1) is 11.8 Å². The van der Waals surface area contributed by atoms with Gasteiger partial charge in [-0.05, 0) is 155 Å². The number of carboxylic acids is 1. The Labute approximate surface area is 479 Å². The van der Waals surface area contributed by atoms with Crippen LogP contribution in [0.4, 0.5) is 35.9 Å². The Balaban J connectivity index is 0.919. The number of hydrogen-bond donors (Lipinski definition) is 4. The van der Waals surface area contributed by atoms with E-state index in [4.69, 9.17) is 30.4 Å². The number of aromatic nitrogens is 1. The molecular formula is C57H66ClF3N6O10P2S2. The van der Waals surface area contributed by atoms with E-state index in [0.717, 1.165) is 39.2 Å². The molecule has 0 radical (unpaired) electrons. The molecule has 4 N–H and O–H groups in total. The average Bonchev–Trinajstić information content (AvgIpc) is 3.94. The molecule has 0 unspecified atom stereocenters. The molecule has 3 fully saturated rings. The smallest absolute Gasteiger partial charge is 0.478 e. The van der Waals surface area contributed by atoms with Gasteiger partial charge in [0.2, 0.25) is 0 Å². The monoisotopic (exact) mass is 1210 g/mol. The van der Waals surface area contributed by atoms with E-state index in [9.17, 15) is 36.1 Å². The Morgan fingerprint density at radius 2 is 1.51 bits per heavy atom. The molecule has 6 aromatic rings. The van der Waals surface area contributed by atoms with Crippen LogP contribution in [0.3, 0.4) is 0 Å². The molecule has 3 aliphatic heterocycles. The zero-order chi connectivity index (χ0) is 57.9. The molecule has 24 heteroatoms. The molecule has 16 nitrogen and oxygen atoms in total. The minimum atomic E-state index is -6.00. The maximum absolute atomic E-state index is 15.3. The van der Waals surface area contributed by atoms with E-state index in [1.54, 1.807) is 24.3 Å². The van der Waals surface area contributed by atoms with Crippen molar-refractivity contribution in [1.29, 1.82) is 0 Å². The van der Waals surface area contributed by atoms with Gasteiger partial charge in [0.1, 0.15) is 4.90 Å². The minimum Gasteiger partial charge on any atom is -0.478 e. The first-order valence-corrected chi connectivity index (χ1v) is 32.8. The number of alkyl halides is 3. The van der Waals surface area contributed by atoms with Crippen molar-refractivity contribution >= 4 is 82.6 Å². The van der Waals surface area contributed by atoms with Crippen LogP contribution in [-0.4, -0.2) is 122 Å². The van der Waals surface area contributed by atoms with Crippen LogP contribution in [0.25, 0.3) is 22.4 Å². The van der Waals surface area contributed by atoms with Crippen LogP contribution in [0.1, 0.15) is 61.6 Å². The average molecular weight is 1210 g/mol. The molecule has 3 aliphatic rings. The molecule has 0 amide bonds. The van der Waals surface area contributed by atoms with Crippen molar-refractivity contribution in [3.05, 3.63) is 138 Å². The number of piperazine rings is 1. The number of carboxylic acid groups (broad SMARTS) is 1. The molecule has 2 atom stereocenters. The van der Waals surface area contributed by atoms with Crippen molar-refractivity contribution in [3.8, 4) is 22.4 Å². The molecule has 0 spiro atoms. The molecule has 4 heterocycles. The fourth-order valence-corrected chi connectivity index (χ4v) is 15.9. The fourth-order valence-electron chi connectivity index (χ4n) is 11.0. The number of hydrogen-bond acceptors (Lipinski definition) is 12. The summed E-state index contributed by atoms with van der Waals surface area (Å²) in [7, 11) is -14.8. The summed E-state index contributed by atoms with van der Waals surface area (Å²) in [6, 6.07) is 35.0. The summed E-state index contributed by atoms with van der Waals surface area (Å²) in [6.07, 6.45) is 2.10. The molecule has 0 bridgehead atoms. The third-order valence-electron chi connectivity index (χ3n) is 15.1. The molecule has 0 aliphatic carbocycles. The first-order valence-electron chi connectivity index (χ1n) is 26.8. The minimum absolute atomic E-state index is 0.0295. The number of thioether (sulfide) groups is 1. The maximum atomic E-state index is 15.3. The Hall–Kier alpha value is -5.31. The Morgan fingerprint density at radius 3 is 2.14 bits per heavy atom. The highest BCUT2D eigenvalue weighted by Crippen LogP contribution is 2.55. The van der Waals surface area contributed by atoms with E-state index >= 15 is 4.57 Å². The van der Waals surface area contributed by atoms with Gasteiger partial charge in [-0.3, -0.25) is 13.8 Å². The molecular weight excluding hydrogens is 1150 g/mol. The largest absolute Gasteiger partial charge is 0.501 e. The summed E-state index contributed by atoms with van der Waals surface area (Å²) in [5.74, 6) is -0.708. The van der Waals surface area contributed by atoms with E-state index in [2.05, 4.69) is 24.6 Å². The maximum Gasteiger partial charge on any atom is 0.501 e. The second-order valence-electron chi connectivity index (χ2n) is 20.8. The second kappa shape index (κ2) is 25.3. The van der Waals surface area contributed by atoms with Gasteiger partial charge in [0.15, 0.2) is 0 Å². The van der Waals surface area contributed by atoms with E-state index in [0.29, 0.717) is 99.2 Å². The highest BCUT2D eigenvalue weighted by atomic mass is 35.5. The van der Waals surface area contributed by atoms with E-state index in [1.165, 1.54) is 28.6 Å². The summed E-state index contributed by atoms with van der Waals surface area (Å²) in [5, 5.41) is 14.1. The number of anilines is 4. The number of nitrogens with zero attached hydrogens (tertiary/aromatic N) is 5. The van der Waals surface area contributed by atoms with Crippen LogP contribution in [0, 0.1) is 12.8 Å². The summed E-state index contributed by atoms with van der Waals surface area (Å²) < 4.78 is 112. The number of likely N-dealkylation sites (tertiary alicyclic amines) is 1. The van der Waals surface area contributed by atoms with Crippen molar-refractivity contribution in [3.63, 3.8) is 0 Å². The standard InChI is InChI=1S/C57H66ClF3N6O10P2S2/c1-39(2)67-40(3)53(56(68)69)54(55(67)42-13-15-44(58)16-14-42)43-9-7-10-48(35-43)65-32-30-64(31-33-65)46-17-19-47(20-18-46)66-26-8-34-76-78(66,70)49-21-22-51(52(36-49)81(74,75)57(59,60)61)62-45(38-80-50-11-5-4-6-12-50)25-29-63-27-23-41(24-28-63)37-77-79(71,72)73/h4-7,9-22,35-36,39,41,45,62H,8,23-34,37-38H2,1-3H3,(H,68,69)(H2,71,72,73)/t45-,78+/m1/s1. The number of rotatable bonds is 20. The van der Waals surface area contributed by atoms with Gasteiger partial charge >= 0.3 is 26.8 Å². The number of nitrogens with one attached hydrogen (secondary N) is 1. The van der Waals surface area contributed by atoms with Crippen LogP contribution in [0.15, 0.2) is 131 Å². The number of piperidine rings is 1. The first-order chi connectivity index (χ1) is 38.5. The molecule has 434 valence electrons. The van der Waals surface area contributed by atoms with Crippen molar-refractivity contribution in [2.45, 2.75) is 73.8 Å². The summed E-state index contributed by atoms with van der Waals surface area (Å²) in [6.45, 7) is 10.3. The van der Waals surface area contributed by atoms with Gasteiger partial charge in [-0.2, -0.15) is 13.2 Å². The van der Waals surface area contributed by atoms with Gasteiger partial charge in [0.05, 0.1) is 35.5 Å². The quantitative estimate of drug-likeness (QED) is 0.0416. The Morgan fingerprint density at radius 1 is 0.852 bits per heavy atom. The predicted octanol–water partition coefficient (Wildman–Crippen LogP) is 12.2. The van der Waals surface area contributed by atoms with Crippen molar-refractivity contribution in [2.75, 3.05) is 91.1 Å². The number of benzene rings is 5. The highest BCUT2D eigenvalue weighted by molar-refractivity contribution is 7.99. The predicted molar refractivity (Wildman–Crippen MR) is 314 cm³/mol. The van der Waals surface area contributed by atoms with Gasteiger partial charge in [0, 0.05) is 95.3 Å². The molecule has 1 aromatic heterocycles. The normalized spacial score (nSPS) is 18.4. The van der Waals surface area contributed by atoms with Crippen LogP contribution in [-0.2, 0) is 28.0 Å². The first kappa shape index (κ1) is 60.3. The van der Waals surface area contributed by atoms with Crippen LogP contribution < -0.4 is 25.1 Å². The SMILES string of the molecule is Cc1c(C(=O)O)c(-c2cccc(N3CCN(c4ccc(N5CCCO[P@@]5(=O)c5ccc(N[C@H](CCN6CCC(COP(=O)(O)O)CC6)CSc6ccccc6)c(S(=O)(=O)C(F)(F)F)c5)cc4)CC3)c2)c(-c2ccc(Cl)cc2)n1C(C)C. The number of sulfone groups is 1. The molecule has 5 aromatic carbocycles. The number of phosphoric acid groups is 1. The summed E-state index contributed by atoms with van der Waals surface area (Å²) in [5.41, 5.74) is 0.284.